The van der Waals surface area contributed by atoms with Crippen LogP contribution in [0.25, 0.3) is 0 Å². The lowest BCUT2D eigenvalue weighted by atomic mass is 10.1. The van der Waals surface area contributed by atoms with Crippen molar-refractivity contribution >= 4 is 11.8 Å². The molecule has 5 heteroatoms. The molecule has 1 fully saturated rings. The van der Waals surface area contributed by atoms with Gasteiger partial charge in [-0.1, -0.05) is 12.1 Å². The van der Waals surface area contributed by atoms with E-state index in [0.29, 0.717) is 12.8 Å². The van der Waals surface area contributed by atoms with Crippen LogP contribution in [0.1, 0.15) is 38.2 Å². The Balaban J connectivity index is 1.75. The van der Waals surface area contributed by atoms with E-state index in [1.807, 2.05) is 29.2 Å². The number of hydrogen-bond acceptors (Lipinski definition) is 3. The second-order valence-corrected chi connectivity index (χ2v) is 6.02. The Labute approximate surface area is 138 Å². The van der Waals surface area contributed by atoms with Crippen LogP contribution < -0.4 is 10.1 Å². The first-order valence-corrected chi connectivity index (χ1v) is 8.31. The van der Waals surface area contributed by atoms with E-state index in [1.54, 1.807) is 14.0 Å². The van der Waals surface area contributed by atoms with Gasteiger partial charge in [-0.25, -0.2) is 0 Å². The summed E-state index contributed by atoms with van der Waals surface area (Å²) in [7, 11) is 1.63. The van der Waals surface area contributed by atoms with Gasteiger partial charge in [-0.15, -0.1) is 0 Å². The Morgan fingerprint density at radius 3 is 2.43 bits per heavy atom. The lowest BCUT2D eigenvalue weighted by Crippen LogP contribution is -2.48. The smallest absolute Gasteiger partial charge is 0.244 e. The number of likely N-dealkylation sites (tertiary alicyclic amines) is 1. The third kappa shape index (κ3) is 5.27. The molecule has 1 aromatic carbocycles. The van der Waals surface area contributed by atoms with Gasteiger partial charge in [-0.05, 0) is 50.3 Å². The number of hydrogen-bond donors (Lipinski definition) is 1. The Morgan fingerprint density at radius 1 is 1.17 bits per heavy atom. The molecule has 0 spiro atoms. The number of carbonyl (C=O) groups is 2. The highest BCUT2D eigenvalue weighted by molar-refractivity contribution is 5.87. The zero-order valence-electron chi connectivity index (χ0n) is 14.0. The molecule has 1 aliphatic heterocycles. The maximum atomic E-state index is 12.3. The third-order valence-corrected chi connectivity index (χ3v) is 4.22. The molecule has 1 saturated heterocycles. The summed E-state index contributed by atoms with van der Waals surface area (Å²) in [5, 5.41) is 2.81. The fourth-order valence-electron chi connectivity index (χ4n) is 2.81. The van der Waals surface area contributed by atoms with Gasteiger partial charge >= 0.3 is 0 Å². The second kappa shape index (κ2) is 8.56. The van der Waals surface area contributed by atoms with Crippen LogP contribution in [0.4, 0.5) is 0 Å². The van der Waals surface area contributed by atoms with Gasteiger partial charge in [-0.2, -0.15) is 0 Å². The van der Waals surface area contributed by atoms with Crippen LogP contribution in [0.15, 0.2) is 24.3 Å². The Hall–Kier alpha value is -2.04. The first kappa shape index (κ1) is 17.3. The summed E-state index contributed by atoms with van der Waals surface area (Å²) in [6.07, 6.45) is 4.34. The molecular formula is C18H26N2O3. The first-order valence-electron chi connectivity index (χ1n) is 8.31. The van der Waals surface area contributed by atoms with Gasteiger partial charge in [0.2, 0.25) is 11.8 Å². The molecular weight excluding hydrogens is 292 g/mol. The molecule has 1 N–H and O–H groups in total. The topological polar surface area (TPSA) is 58.6 Å². The number of rotatable bonds is 6. The molecule has 1 heterocycles. The van der Waals surface area contributed by atoms with Crippen LogP contribution in [0.3, 0.4) is 0 Å². The standard InChI is InChI=1S/C18H26N2O3/c1-14(18(22)20-12-4-3-5-13-20)19-17(21)11-8-15-6-9-16(23-2)10-7-15/h6-7,9-10,14H,3-5,8,11-13H2,1-2H3,(H,19,21)/t14-/m0/s1. The average Bonchev–Trinajstić information content (AvgIpc) is 2.60. The molecule has 0 aliphatic carbocycles. The average molecular weight is 318 g/mol. The first-order chi connectivity index (χ1) is 11.1. The molecule has 1 aromatic rings. The van der Waals surface area contributed by atoms with Gasteiger partial charge in [0.15, 0.2) is 0 Å². The van der Waals surface area contributed by atoms with Crippen molar-refractivity contribution in [3.8, 4) is 5.75 Å². The summed E-state index contributed by atoms with van der Waals surface area (Å²) in [5.41, 5.74) is 1.08. The van der Waals surface area contributed by atoms with Crippen molar-refractivity contribution in [2.24, 2.45) is 0 Å². The number of amides is 2. The number of nitrogens with zero attached hydrogens (tertiary/aromatic N) is 1. The van der Waals surface area contributed by atoms with Crippen molar-refractivity contribution in [2.45, 2.75) is 45.1 Å². The zero-order chi connectivity index (χ0) is 16.7. The zero-order valence-corrected chi connectivity index (χ0v) is 14.0. The Morgan fingerprint density at radius 2 is 1.83 bits per heavy atom. The summed E-state index contributed by atoms with van der Waals surface area (Å²) in [5.74, 6) is 0.750. The third-order valence-electron chi connectivity index (χ3n) is 4.22. The van der Waals surface area contributed by atoms with Crippen LogP contribution >= 0.6 is 0 Å². The van der Waals surface area contributed by atoms with Crippen LogP contribution in [0, 0.1) is 0 Å². The number of piperidine rings is 1. The molecule has 0 saturated carbocycles. The minimum Gasteiger partial charge on any atom is -0.497 e. The predicted octanol–water partition coefficient (Wildman–Crippen LogP) is 2.14. The Bertz CT molecular complexity index is 522. The van der Waals surface area contributed by atoms with Crippen LogP contribution in [0.5, 0.6) is 5.75 Å². The largest absolute Gasteiger partial charge is 0.497 e. The molecule has 126 valence electrons. The summed E-state index contributed by atoms with van der Waals surface area (Å²) >= 11 is 0. The molecule has 23 heavy (non-hydrogen) atoms. The number of aryl methyl sites for hydroxylation is 1. The SMILES string of the molecule is COc1ccc(CCC(=O)N[C@@H](C)C(=O)N2CCCCC2)cc1. The molecule has 0 bridgehead atoms. The van der Waals surface area contributed by atoms with Gasteiger partial charge in [-0.3, -0.25) is 9.59 Å². The lowest BCUT2D eigenvalue weighted by molar-refractivity contribution is -0.136. The van der Waals surface area contributed by atoms with Crippen molar-refractivity contribution in [3.05, 3.63) is 29.8 Å². The minimum atomic E-state index is -0.448. The molecule has 2 rings (SSSR count). The van der Waals surface area contributed by atoms with E-state index in [9.17, 15) is 9.59 Å². The van der Waals surface area contributed by atoms with E-state index in [0.717, 1.165) is 37.2 Å². The normalized spacial score (nSPS) is 15.8. The lowest BCUT2D eigenvalue weighted by Gasteiger charge is -2.29. The molecule has 5 nitrogen and oxygen atoms in total. The fraction of sp³-hybridized carbons (Fsp3) is 0.556. The minimum absolute atomic E-state index is 0.0301. The molecule has 0 radical (unpaired) electrons. The van der Waals surface area contributed by atoms with E-state index in [4.69, 9.17) is 4.74 Å². The molecule has 0 aromatic heterocycles. The van der Waals surface area contributed by atoms with Crippen molar-refractivity contribution in [1.82, 2.24) is 10.2 Å². The van der Waals surface area contributed by atoms with E-state index < -0.39 is 6.04 Å². The monoisotopic (exact) mass is 318 g/mol. The number of nitrogens with one attached hydrogen (secondary N) is 1. The number of ether oxygens (including phenoxy) is 1. The van der Waals surface area contributed by atoms with Gasteiger partial charge < -0.3 is 15.0 Å². The number of carbonyl (C=O) groups excluding carboxylic acids is 2. The fourth-order valence-corrected chi connectivity index (χ4v) is 2.81. The van der Waals surface area contributed by atoms with E-state index in [1.165, 1.54) is 6.42 Å². The van der Waals surface area contributed by atoms with E-state index in [-0.39, 0.29) is 11.8 Å². The number of methoxy groups -OCH3 is 1. The Kier molecular flexibility index (Phi) is 6.44. The van der Waals surface area contributed by atoms with Crippen molar-refractivity contribution in [3.63, 3.8) is 0 Å². The van der Waals surface area contributed by atoms with Gasteiger partial charge in [0.1, 0.15) is 11.8 Å². The summed E-state index contributed by atoms with van der Waals surface area (Å²) in [4.78, 5) is 26.2. The summed E-state index contributed by atoms with van der Waals surface area (Å²) in [6, 6.07) is 7.23. The second-order valence-electron chi connectivity index (χ2n) is 6.02. The molecule has 1 atom stereocenters. The highest BCUT2D eigenvalue weighted by atomic mass is 16.5. The maximum absolute atomic E-state index is 12.3. The van der Waals surface area contributed by atoms with Gasteiger partial charge in [0, 0.05) is 19.5 Å². The molecule has 2 amide bonds. The quantitative estimate of drug-likeness (QED) is 0.874. The number of benzene rings is 1. The summed E-state index contributed by atoms with van der Waals surface area (Å²) in [6.45, 7) is 3.39. The summed E-state index contributed by atoms with van der Waals surface area (Å²) < 4.78 is 5.11. The van der Waals surface area contributed by atoms with Gasteiger partial charge in [0.25, 0.3) is 0 Å². The predicted molar refractivity (Wildman–Crippen MR) is 89.4 cm³/mol. The van der Waals surface area contributed by atoms with Crippen molar-refractivity contribution in [1.29, 1.82) is 0 Å². The van der Waals surface area contributed by atoms with Gasteiger partial charge in [0.05, 0.1) is 7.11 Å². The van der Waals surface area contributed by atoms with E-state index >= 15 is 0 Å². The van der Waals surface area contributed by atoms with Crippen LogP contribution in [-0.4, -0.2) is 43.0 Å². The van der Waals surface area contributed by atoms with Crippen LogP contribution in [0.2, 0.25) is 0 Å². The maximum Gasteiger partial charge on any atom is 0.244 e. The van der Waals surface area contributed by atoms with Crippen molar-refractivity contribution in [2.75, 3.05) is 20.2 Å². The highest BCUT2D eigenvalue weighted by Crippen LogP contribution is 2.13. The van der Waals surface area contributed by atoms with Crippen LogP contribution in [-0.2, 0) is 16.0 Å². The molecule has 1 aliphatic rings. The highest BCUT2D eigenvalue weighted by Gasteiger charge is 2.23. The van der Waals surface area contributed by atoms with E-state index in [2.05, 4.69) is 5.32 Å². The molecule has 0 unspecified atom stereocenters. The van der Waals surface area contributed by atoms with Crippen molar-refractivity contribution < 1.29 is 14.3 Å².